The van der Waals surface area contributed by atoms with E-state index in [1.165, 1.54) is 26.4 Å². The Morgan fingerprint density at radius 2 is 2.18 bits per heavy atom. The molecule has 98 valence electrons. The molecule has 0 spiro atoms. The van der Waals surface area contributed by atoms with Gasteiger partial charge in [0.05, 0.1) is 7.11 Å². The van der Waals surface area contributed by atoms with Gasteiger partial charge in [0.15, 0.2) is 0 Å². The number of carbonyl (C=O) groups excluding carboxylic acids is 1. The first-order valence-corrected chi connectivity index (χ1v) is 6.79. The molecule has 0 aromatic heterocycles. The molecule has 17 heavy (non-hydrogen) atoms. The lowest BCUT2D eigenvalue weighted by Gasteiger charge is -2.61. The zero-order valence-corrected chi connectivity index (χ0v) is 11.2. The summed E-state index contributed by atoms with van der Waals surface area (Å²) in [5, 5.41) is 0. The Hall–Kier alpha value is -0.570. The van der Waals surface area contributed by atoms with Crippen LogP contribution in [0.5, 0.6) is 0 Å². The summed E-state index contributed by atoms with van der Waals surface area (Å²) in [6.45, 7) is 4.76. The van der Waals surface area contributed by atoms with E-state index < -0.39 is 0 Å². The molecule has 3 aliphatic carbocycles. The number of esters is 1. The van der Waals surface area contributed by atoms with Gasteiger partial charge in [0.1, 0.15) is 0 Å². The Labute approximate surface area is 104 Å². The topological polar surface area (TPSA) is 52.3 Å². The minimum absolute atomic E-state index is 0.137. The summed E-state index contributed by atoms with van der Waals surface area (Å²) < 4.78 is 4.67. The Kier molecular flexibility index (Phi) is 3.48. The van der Waals surface area contributed by atoms with Crippen LogP contribution in [0.25, 0.3) is 0 Å². The zero-order valence-electron chi connectivity index (χ0n) is 11.2. The highest BCUT2D eigenvalue weighted by Crippen LogP contribution is 2.61. The maximum atomic E-state index is 11.1. The molecule has 0 aliphatic heterocycles. The van der Waals surface area contributed by atoms with Gasteiger partial charge in [-0.2, -0.15) is 0 Å². The third-order valence-corrected chi connectivity index (χ3v) is 5.37. The van der Waals surface area contributed by atoms with Gasteiger partial charge in [-0.05, 0) is 48.9 Å². The minimum atomic E-state index is -0.137. The first kappa shape index (κ1) is 12.9. The predicted octanol–water partition coefficient (Wildman–Crippen LogP) is 2.34. The van der Waals surface area contributed by atoms with E-state index in [9.17, 15) is 4.79 Å². The number of carbonyl (C=O) groups is 1. The maximum Gasteiger partial charge on any atom is 0.305 e. The molecule has 3 nitrogen and oxygen atoms in total. The highest BCUT2D eigenvalue weighted by Gasteiger charge is 2.55. The quantitative estimate of drug-likeness (QED) is 0.766. The third-order valence-electron chi connectivity index (χ3n) is 5.37. The maximum absolute atomic E-state index is 11.1. The smallest absolute Gasteiger partial charge is 0.305 e. The molecule has 3 saturated carbocycles. The van der Waals surface area contributed by atoms with Crippen LogP contribution in [0, 0.1) is 23.2 Å². The van der Waals surface area contributed by atoms with E-state index in [0.717, 1.165) is 18.3 Å². The monoisotopic (exact) mass is 239 g/mol. The summed E-state index contributed by atoms with van der Waals surface area (Å²) in [5.74, 6) is 2.16. The van der Waals surface area contributed by atoms with Crippen LogP contribution in [0.15, 0.2) is 0 Å². The summed E-state index contributed by atoms with van der Waals surface area (Å²) in [6.07, 6.45) is 5.16. The molecule has 0 aromatic carbocycles. The van der Waals surface area contributed by atoms with E-state index in [4.69, 9.17) is 5.73 Å². The first-order valence-electron chi connectivity index (χ1n) is 6.79. The van der Waals surface area contributed by atoms with Gasteiger partial charge >= 0.3 is 5.97 Å². The van der Waals surface area contributed by atoms with Crippen LogP contribution < -0.4 is 5.73 Å². The number of hydrogen-bond acceptors (Lipinski definition) is 3. The van der Waals surface area contributed by atoms with Crippen molar-refractivity contribution in [3.8, 4) is 0 Å². The van der Waals surface area contributed by atoms with Crippen molar-refractivity contribution in [1.82, 2.24) is 0 Å². The van der Waals surface area contributed by atoms with E-state index in [2.05, 4.69) is 18.6 Å². The molecule has 0 saturated heterocycles. The van der Waals surface area contributed by atoms with Gasteiger partial charge < -0.3 is 10.5 Å². The van der Waals surface area contributed by atoms with Crippen molar-refractivity contribution in [2.75, 3.05) is 7.11 Å². The van der Waals surface area contributed by atoms with Gasteiger partial charge in [-0.25, -0.2) is 0 Å². The van der Waals surface area contributed by atoms with Crippen LogP contribution >= 0.6 is 0 Å². The Bertz CT molecular complexity index is 299. The largest absolute Gasteiger partial charge is 0.469 e. The Morgan fingerprint density at radius 1 is 1.47 bits per heavy atom. The molecule has 0 heterocycles. The number of nitrogens with two attached hydrogens (primary N) is 1. The number of rotatable bonds is 4. The average Bonchev–Trinajstić information content (AvgIpc) is 2.35. The van der Waals surface area contributed by atoms with Crippen molar-refractivity contribution in [2.24, 2.45) is 28.9 Å². The fraction of sp³-hybridized carbons (Fsp3) is 0.929. The summed E-state index contributed by atoms with van der Waals surface area (Å²) in [5.41, 5.74) is 6.76. The number of ether oxygens (including phenoxy) is 1. The van der Waals surface area contributed by atoms with E-state index in [-0.39, 0.29) is 12.0 Å². The number of hydrogen-bond donors (Lipinski definition) is 1. The van der Waals surface area contributed by atoms with E-state index in [1.54, 1.807) is 0 Å². The van der Waals surface area contributed by atoms with Crippen LogP contribution in [0.3, 0.4) is 0 Å². The van der Waals surface area contributed by atoms with Crippen molar-refractivity contribution in [1.29, 1.82) is 0 Å². The molecule has 3 rings (SSSR count). The third kappa shape index (κ3) is 2.22. The van der Waals surface area contributed by atoms with Crippen molar-refractivity contribution >= 4 is 5.97 Å². The first-order chi connectivity index (χ1) is 7.96. The Morgan fingerprint density at radius 3 is 2.71 bits per heavy atom. The van der Waals surface area contributed by atoms with E-state index >= 15 is 0 Å². The molecule has 3 fully saturated rings. The SMILES string of the molecule is COC(=O)CCC(N)C1CC[C@H]2C[C@@H]1C2(C)C. The molecule has 0 amide bonds. The van der Waals surface area contributed by atoms with E-state index in [0.29, 0.717) is 17.8 Å². The second kappa shape index (κ2) is 4.60. The van der Waals surface area contributed by atoms with Crippen molar-refractivity contribution in [3.05, 3.63) is 0 Å². The lowest BCUT2D eigenvalue weighted by atomic mass is 9.44. The second-order valence-corrected chi connectivity index (χ2v) is 6.38. The standard InChI is InChI=1S/C14H25NO2/c1-14(2)9-4-5-10(11(14)8-9)12(15)6-7-13(16)17-3/h9-12H,4-8,15H2,1-3H3/t9-,10?,11-,12?/m0/s1. The van der Waals surface area contributed by atoms with Gasteiger partial charge in [-0.15, -0.1) is 0 Å². The van der Waals surface area contributed by atoms with Gasteiger partial charge in [-0.3, -0.25) is 4.79 Å². The van der Waals surface area contributed by atoms with Crippen LogP contribution in [-0.4, -0.2) is 19.1 Å². The number of fused-ring (bicyclic) bond motifs is 2. The lowest BCUT2D eigenvalue weighted by molar-refractivity contribution is -0.141. The van der Waals surface area contributed by atoms with Crippen LogP contribution in [0.1, 0.15) is 46.0 Å². The summed E-state index contributed by atoms with van der Waals surface area (Å²) in [7, 11) is 1.44. The Balaban J connectivity index is 1.87. The molecular weight excluding hydrogens is 214 g/mol. The molecule has 0 aromatic rings. The highest BCUT2D eigenvalue weighted by molar-refractivity contribution is 5.69. The normalized spacial score (nSPS) is 35.9. The fourth-order valence-corrected chi connectivity index (χ4v) is 3.98. The zero-order chi connectivity index (χ0) is 12.6. The van der Waals surface area contributed by atoms with Crippen molar-refractivity contribution in [2.45, 2.75) is 52.0 Å². The molecule has 2 unspecified atom stereocenters. The van der Waals surface area contributed by atoms with Crippen LogP contribution in [0.2, 0.25) is 0 Å². The summed E-state index contributed by atoms with van der Waals surface area (Å²) in [4.78, 5) is 11.1. The molecule has 2 bridgehead atoms. The molecule has 0 radical (unpaired) electrons. The van der Waals surface area contributed by atoms with E-state index in [1.807, 2.05) is 0 Å². The highest BCUT2D eigenvalue weighted by atomic mass is 16.5. The average molecular weight is 239 g/mol. The van der Waals surface area contributed by atoms with Crippen LogP contribution in [-0.2, 0) is 9.53 Å². The molecule has 3 heteroatoms. The molecule has 4 atom stereocenters. The van der Waals surface area contributed by atoms with Gasteiger partial charge in [-0.1, -0.05) is 13.8 Å². The van der Waals surface area contributed by atoms with Gasteiger partial charge in [0, 0.05) is 12.5 Å². The fourth-order valence-electron chi connectivity index (χ4n) is 3.98. The van der Waals surface area contributed by atoms with Crippen molar-refractivity contribution < 1.29 is 9.53 Å². The summed E-state index contributed by atoms with van der Waals surface area (Å²) >= 11 is 0. The molecular formula is C14H25NO2. The van der Waals surface area contributed by atoms with Gasteiger partial charge in [0.2, 0.25) is 0 Å². The molecule has 3 aliphatic rings. The molecule has 2 N–H and O–H groups in total. The summed E-state index contributed by atoms with van der Waals surface area (Å²) in [6, 6.07) is 0.166. The van der Waals surface area contributed by atoms with Crippen molar-refractivity contribution in [3.63, 3.8) is 0 Å². The van der Waals surface area contributed by atoms with Gasteiger partial charge in [0.25, 0.3) is 0 Å². The lowest BCUT2D eigenvalue weighted by Crippen LogP contribution is -2.56. The second-order valence-electron chi connectivity index (χ2n) is 6.38. The minimum Gasteiger partial charge on any atom is -0.469 e. The predicted molar refractivity (Wildman–Crippen MR) is 67.3 cm³/mol. The van der Waals surface area contributed by atoms with Crippen LogP contribution in [0.4, 0.5) is 0 Å². The number of methoxy groups -OCH3 is 1.